The van der Waals surface area contributed by atoms with Crippen LogP contribution in [0.25, 0.3) is 0 Å². The quantitative estimate of drug-likeness (QED) is 0.623. The minimum absolute atomic E-state index is 0.125. The lowest BCUT2D eigenvalue weighted by Gasteiger charge is -2.08. The molecule has 0 fully saturated rings. The van der Waals surface area contributed by atoms with E-state index in [1.54, 1.807) is 6.07 Å². The second kappa shape index (κ2) is 5.95. The third-order valence-electron chi connectivity index (χ3n) is 2.12. The molecule has 0 saturated carbocycles. The van der Waals surface area contributed by atoms with E-state index >= 15 is 0 Å². The lowest BCUT2D eigenvalue weighted by molar-refractivity contribution is -0.133. The SMILES string of the molecule is FC(F)c1cccc(CNCCC(F)(F)F)c1. The van der Waals surface area contributed by atoms with Gasteiger partial charge in [0.25, 0.3) is 6.43 Å². The molecular weight excluding hydrogens is 241 g/mol. The lowest BCUT2D eigenvalue weighted by atomic mass is 10.1. The average molecular weight is 253 g/mol. The second-order valence-corrected chi connectivity index (χ2v) is 3.59. The third-order valence-corrected chi connectivity index (χ3v) is 2.12. The summed E-state index contributed by atoms with van der Waals surface area (Å²) < 4.78 is 60.1. The van der Waals surface area contributed by atoms with Gasteiger partial charge in [0.05, 0.1) is 6.42 Å². The summed E-state index contributed by atoms with van der Waals surface area (Å²) >= 11 is 0. The minimum Gasteiger partial charge on any atom is -0.312 e. The van der Waals surface area contributed by atoms with E-state index in [-0.39, 0.29) is 18.7 Å². The molecule has 0 spiro atoms. The van der Waals surface area contributed by atoms with Gasteiger partial charge < -0.3 is 5.32 Å². The predicted octanol–water partition coefficient (Wildman–Crippen LogP) is 3.67. The fourth-order valence-corrected chi connectivity index (χ4v) is 1.30. The molecule has 0 unspecified atom stereocenters. The zero-order valence-corrected chi connectivity index (χ0v) is 8.90. The summed E-state index contributed by atoms with van der Waals surface area (Å²) in [6.45, 7) is -0.0704. The van der Waals surface area contributed by atoms with Crippen LogP contribution in [0.3, 0.4) is 0 Å². The normalized spacial score (nSPS) is 12.1. The summed E-state index contributed by atoms with van der Waals surface area (Å²) in [5.41, 5.74) is 0.421. The zero-order chi connectivity index (χ0) is 12.9. The molecule has 1 aromatic carbocycles. The first-order valence-corrected chi connectivity index (χ1v) is 5.03. The van der Waals surface area contributed by atoms with Crippen LogP contribution < -0.4 is 5.32 Å². The number of hydrogen-bond acceptors (Lipinski definition) is 1. The van der Waals surface area contributed by atoms with E-state index in [0.717, 1.165) is 0 Å². The molecule has 0 heterocycles. The fraction of sp³-hybridized carbons (Fsp3) is 0.455. The van der Waals surface area contributed by atoms with Gasteiger partial charge in [0, 0.05) is 18.7 Å². The summed E-state index contributed by atoms with van der Waals surface area (Å²) in [4.78, 5) is 0. The first-order valence-electron chi connectivity index (χ1n) is 5.03. The van der Waals surface area contributed by atoms with Gasteiger partial charge in [-0.25, -0.2) is 8.78 Å². The smallest absolute Gasteiger partial charge is 0.312 e. The molecule has 0 saturated heterocycles. The van der Waals surface area contributed by atoms with Crippen molar-refractivity contribution in [1.82, 2.24) is 5.32 Å². The van der Waals surface area contributed by atoms with Crippen molar-refractivity contribution in [2.45, 2.75) is 25.6 Å². The number of halogens is 5. The molecule has 17 heavy (non-hydrogen) atoms. The summed E-state index contributed by atoms with van der Waals surface area (Å²) in [7, 11) is 0. The Morgan fingerprint density at radius 3 is 2.47 bits per heavy atom. The maximum Gasteiger partial charge on any atom is 0.390 e. The largest absolute Gasteiger partial charge is 0.390 e. The molecule has 1 aromatic rings. The number of hydrogen-bond donors (Lipinski definition) is 1. The van der Waals surface area contributed by atoms with Crippen molar-refractivity contribution in [3.05, 3.63) is 35.4 Å². The van der Waals surface area contributed by atoms with Crippen LogP contribution in [0.5, 0.6) is 0 Å². The van der Waals surface area contributed by atoms with Crippen LogP contribution in [0, 0.1) is 0 Å². The molecule has 0 aliphatic rings. The van der Waals surface area contributed by atoms with E-state index in [2.05, 4.69) is 5.32 Å². The van der Waals surface area contributed by atoms with Crippen LogP contribution in [0.1, 0.15) is 24.0 Å². The molecule has 1 nitrogen and oxygen atoms in total. The first kappa shape index (κ1) is 13.9. The second-order valence-electron chi connectivity index (χ2n) is 3.59. The molecule has 0 aliphatic carbocycles. The average Bonchev–Trinajstić information content (AvgIpc) is 2.23. The first-order chi connectivity index (χ1) is 7.88. The van der Waals surface area contributed by atoms with E-state index in [4.69, 9.17) is 0 Å². The molecule has 0 atom stereocenters. The van der Waals surface area contributed by atoms with Crippen molar-refractivity contribution >= 4 is 0 Å². The molecule has 0 amide bonds. The summed E-state index contributed by atoms with van der Waals surface area (Å²) in [6, 6.07) is 5.61. The molecule has 0 aromatic heterocycles. The van der Waals surface area contributed by atoms with Crippen molar-refractivity contribution in [3.8, 4) is 0 Å². The van der Waals surface area contributed by atoms with E-state index in [1.807, 2.05) is 0 Å². The number of nitrogens with one attached hydrogen (secondary N) is 1. The van der Waals surface area contributed by atoms with Gasteiger partial charge in [-0.3, -0.25) is 0 Å². The molecule has 0 bridgehead atoms. The Balaban J connectivity index is 2.39. The maximum absolute atomic E-state index is 12.3. The van der Waals surface area contributed by atoms with Gasteiger partial charge in [-0.1, -0.05) is 18.2 Å². The van der Waals surface area contributed by atoms with Crippen LogP contribution >= 0.6 is 0 Å². The molecule has 0 radical (unpaired) electrons. The Bertz CT molecular complexity index is 348. The fourth-order valence-electron chi connectivity index (χ4n) is 1.30. The Kier molecular flexibility index (Phi) is 4.86. The molecule has 6 heteroatoms. The molecule has 0 aliphatic heterocycles. The highest BCUT2D eigenvalue weighted by Gasteiger charge is 2.25. The van der Waals surface area contributed by atoms with E-state index in [9.17, 15) is 22.0 Å². The zero-order valence-electron chi connectivity index (χ0n) is 8.90. The standard InChI is InChI=1S/C11H12F5N/c12-10(13)9-3-1-2-8(6-9)7-17-5-4-11(14,15)16/h1-3,6,10,17H,4-5,7H2. The summed E-state index contributed by atoms with van der Waals surface area (Å²) in [6.07, 6.45) is -7.69. The minimum atomic E-state index is -4.20. The van der Waals surface area contributed by atoms with Crippen molar-refractivity contribution in [2.75, 3.05) is 6.54 Å². The predicted molar refractivity (Wildman–Crippen MR) is 53.8 cm³/mol. The van der Waals surface area contributed by atoms with Crippen molar-refractivity contribution in [1.29, 1.82) is 0 Å². The molecule has 1 rings (SSSR count). The monoisotopic (exact) mass is 253 g/mol. The van der Waals surface area contributed by atoms with Crippen molar-refractivity contribution in [3.63, 3.8) is 0 Å². The molecular formula is C11H12F5N. The highest BCUT2D eigenvalue weighted by atomic mass is 19.4. The summed E-state index contributed by atoms with van der Waals surface area (Å²) in [5.74, 6) is 0. The van der Waals surface area contributed by atoms with Crippen LogP contribution in [0.4, 0.5) is 22.0 Å². The van der Waals surface area contributed by atoms with Gasteiger partial charge in [0.2, 0.25) is 0 Å². The maximum atomic E-state index is 12.3. The van der Waals surface area contributed by atoms with E-state index in [0.29, 0.717) is 5.56 Å². The van der Waals surface area contributed by atoms with Crippen molar-refractivity contribution in [2.24, 2.45) is 0 Å². The van der Waals surface area contributed by atoms with Gasteiger partial charge >= 0.3 is 6.18 Å². The highest BCUT2D eigenvalue weighted by Crippen LogP contribution is 2.20. The number of alkyl halides is 5. The van der Waals surface area contributed by atoms with Crippen LogP contribution in [-0.2, 0) is 6.54 Å². The summed E-state index contributed by atoms with van der Waals surface area (Å²) in [5, 5.41) is 2.56. The van der Waals surface area contributed by atoms with Gasteiger partial charge in [0.15, 0.2) is 0 Å². The van der Waals surface area contributed by atoms with Gasteiger partial charge in [-0.15, -0.1) is 0 Å². The highest BCUT2D eigenvalue weighted by molar-refractivity contribution is 5.24. The Morgan fingerprint density at radius 1 is 1.18 bits per heavy atom. The van der Waals surface area contributed by atoms with Crippen LogP contribution in [0.15, 0.2) is 24.3 Å². The number of rotatable bonds is 5. The van der Waals surface area contributed by atoms with Crippen molar-refractivity contribution < 1.29 is 22.0 Å². The Hall–Kier alpha value is -1.17. The Labute approximate surface area is 95.6 Å². The van der Waals surface area contributed by atoms with Gasteiger partial charge in [0.1, 0.15) is 0 Å². The van der Waals surface area contributed by atoms with Gasteiger partial charge in [-0.2, -0.15) is 13.2 Å². The lowest BCUT2D eigenvalue weighted by Crippen LogP contribution is -2.21. The number of benzene rings is 1. The van der Waals surface area contributed by atoms with Gasteiger partial charge in [-0.05, 0) is 11.6 Å². The molecule has 1 N–H and O–H groups in total. The van der Waals surface area contributed by atoms with Crippen LogP contribution in [-0.4, -0.2) is 12.7 Å². The van der Waals surface area contributed by atoms with Crippen LogP contribution in [0.2, 0.25) is 0 Å². The Morgan fingerprint density at radius 2 is 1.88 bits per heavy atom. The third kappa shape index (κ3) is 5.63. The molecule has 96 valence electrons. The van der Waals surface area contributed by atoms with E-state index in [1.165, 1.54) is 18.2 Å². The topological polar surface area (TPSA) is 12.0 Å². The van der Waals surface area contributed by atoms with E-state index < -0.39 is 19.0 Å².